The van der Waals surface area contributed by atoms with E-state index < -0.39 is 11.9 Å². The minimum Gasteiger partial charge on any atom is -0.481 e. The highest BCUT2D eigenvalue weighted by atomic mass is 35.5. The number of nitrogens with two attached hydrogens (primary N) is 1. The van der Waals surface area contributed by atoms with Gasteiger partial charge >= 0.3 is 5.97 Å². The van der Waals surface area contributed by atoms with Gasteiger partial charge in [-0.15, -0.1) is 0 Å². The molecule has 0 unspecified atom stereocenters. The van der Waals surface area contributed by atoms with Gasteiger partial charge in [-0.25, -0.2) is 0 Å². The number of carbonyl (C=O) groups is 1. The summed E-state index contributed by atoms with van der Waals surface area (Å²) >= 11 is 5.77. The predicted molar refractivity (Wildman–Crippen MR) is 55.5 cm³/mol. The summed E-state index contributed by atoms with van der Waals surface area (Å²) in [6, 6.07) is 6.87. The third-order valence-electron chi connectivity index (χ3n) is 2.00. The maximum Gasteiger partial charge on any atom is 0.311 e. The Bertz CT molecular complexity index is 328. The lowest BCUT2D eigenvalue weighted by molar-refractivity contribution is -0.138. The summed E-state index contributed by atoms with van der Waals surface area (Å²) in [5.41, 5.74) is 6.05. The van der Waals surface area contributed by atoms with Crippen LogP contribution < -0.4 is 5.73 Å². The summed E-state index contributed by atoms with van der Waals surface area (Å²) in [5.74, 6) is -1.42. The van der Waals surface area contributed by atoms with Crippen molar-refractivity contribution in [1.29, 1.82) is 0 Å². The fourth-order valence-corrected chi connectivity index (χ4v) is 1.52. The predicted octanol–water partition coefficient (Wildman–Crippen LogP) is 1.86. The molecule has 3 nitrogen and oxygen atoms in total. The lowest BCUT2D eigenvalue weighted by atomic mass is 9.96. The van der Waals surface area contributed by atoms with E-state index in [-0.39, 0.29) is 0 Å². The summed E-state index contributed by atoms with van der Waals surface area (Å²) in [4.78, 5) is 10.9. The first kappa shape index (κ1) is 11.0. The van der Waals surface area contributed by atoms with Crippen LogP contribution in [0.2, 0.25) is 5.02 Å². The minimum absolute atomic E-state index is 0.351. The molecule has 3 N–H and O–H groups in total. The second-order valence-electron chi connectivity index (χ2n) is 3.02. The van der Waals surface area contributed by atoms with Crippen LogP contribution in [-0.2, 0) is 4.79 Å². The molecule has 0 amide bonds. The number of rotatable bonds is 4. The summed E-state index contributed by atoms with van der Waals surface area (Å²) in [6.45, 7) is 0.351. The van der Waals surface area contributed by atoms with E-state index in [1.807, 2.05) is 0 Å². The van der Waals surface area contributed by atoms with Gasteiger partial charge in [-0.2, -0.15) is 0 Å². The van der Waals surface area contributed by atoms with Crippen LogP contribution >= 0.6 is 11.6 Å². The molecule has 0 fully saturated rings. The summed E-state index contributed by atoms with van der Waals surface area (Å²) in [6.07, 6.45) is 0.426. The number of aliphatic carboxylic acids is 1. The van der Waals surface area contributed by atoms with Crippen molar-refractivity contribution in [3.8, 4) is 0 Å². The van der Waals surface area contributed by atoms with Crippen molar-refractivity contribution >= 4 is 17.6 Å². The molecule has 0 aliphatic carbocycles. The average Bonchev–Trinajstić information content (AvgIpc) is 2.13. The van der Waals surface area contributed by atoms with E-state index in [0.717, 1.165) is 0 Å². The van der Waals surface area contributed by atoms with Crippen LogP contribution in [0, 0.1) is 0 Å². The summed E-state index contributed by atoms with van der Waals surface area (Å²) < 4.78 is 0. The molecule has 1 aromatic rings. The third kappa shape index (κ3) is 2.72. The fraction of sp³-hybridized carbons (Fsp3) is 0.300. The zero-order chi connectivity index (χ0) is 10.6. The first-order chi connectivity index (χ1) is 6.65. The smallest absolute Gasteiger partial charge is 0.311 e. The van der Waals surface area contributed by atoms with Gasteiger partial charge in [0.1, 0.15) is 0 Å². The van der Waals surface area contributed by atoms with Crippen LogP contribution in [0.5, 0.6) is 0 Å². The van der Waals surface area contributed by atoms with Crippen molar-refractivity contribution in [2.45, 2.75) is 12.3 Å². The van der Waals surface area contributed by atoms with Gasteiger partial charge in [-0.3, -0.25) is 4.79 Å². The molecule has 0 saturated heterocycles. The normalized spacial score (nSPS) is 12.4. The quantitative estimate of drug-likeness (QED) is 0.803. The van der Waals surface area contributed by atoms with Crippen LogP contribution in [0.1, 0.15) is 17.9 Å². The second-order valence-corrected chi connectivity index (χ2v) is 3.46. The number of hydrogen-bond acceptors (Lipinski definition) is 2. The Hall–Kier alpha value is -1.06. The molecule has 0 aliphatic heterocycles. The molecule has 76 valence electrons. The van der Waals surface area contributed by atoms with Gasteiger partial charge < -0.3 is 10.8 Å². The van der Waals surface area contributed by atoms with E-state index in [2.05, 4.69) is 0 Å². The second kappa shape index (κ2) is 4.98. The molecule has 4 heteroatoms. The van der Waals surface area contributed by atoms with E-state index in [1.54, 1.807) is 24.3 Å². The third-order valence-corrected chi connectivity index (χ3v) is 2.24. The molecular formula is C10H12ClNO2. The van der Waals surface area contributed by atoms with Crippen LogP contribution in [0.25, 0.3) is 0 Å². The highest BCUT2D eigenvalue weighted by Gasteiger charge is 2.18. The molecule has 1 rings (SSSR count). The number of carboxylic acids is 1. The summed E-state index contributed by atoms with van der Waals surface area (Å²) in [5, 5.41) is 9.50. The van der Waals surface area contributed by atoms with Crippen molar-refractivity contribution < 1.29 is 9.90 Å². The molecule has 0 radical (unpaired) electrons. The first-order valence-corrected chi connectivity index (χ1v) is 4.71. The lowest BCUT2D eigenvalue weighted by Gasteiger charge is -2.11. The SMILES string of the molecule is NCC[C@@H](C(=O)O)c1cccc(Cl)c1. The highest BCUT2D eigenvalue weighted by Crippen LogP contribution is 2.22. The van der Waals surface area contributed by atoms with Gasteiger partial charge in [0.25, 0.3) is 0 Å². The van der Waals surface area contributed by atoms with E-state index in [4.69, 9.17) is 22.4 Å². The molecule has 0 spiro atoms. The molecule has 0 aliphatic rings. The van der Waals surface area contributed by atoms with E-state index in [0.29, 0.717) is 23.6 Å². The van der Waals surface area contributed by atoms with Gasteiger partial charge in [-0.05, 0) is 30.7 Å². The fourth-order valence-electron chi connectivity index (χ4n) is 1.32. The van der Waals surface area contributed by atoms with E-state index >= 15 is 0 Å². The zero-order valence-electron chi connectivity index (χ0n) is 7.61. The largest absolute Gasteiger partial charge is 0.481 e. The van der Waals surface area contributed by atoms with Gasteiger partial charge in [0.2, 0.25) is 0 Å². The van der Waals surface area contributed by atoms with Crippen LogP contribution in [0.15, 0.2) is 24.3 Å². The molecule has 0 saturated carbocycles. The topological polar surface area (TPSA) is 63.3 Å². The average molecular weight is 214 g/mol. The summed E-state index contributed by atoms with van der Waals surface area (Å²) in [7, 11) is 0. The minimum atomic E-state index is -0.863. The van der Waals surface area contributed by atoms with Crippen LogP contribution in [0.4, 0.5) is 0 Å². The molecule has 0 aromatic heterocycles. The molecule has 14 heavy (non-hydrogen) atoms. The molecular weight excluding hydrogens is 202 g/mol. The van der Waals surface area contributed by atoms with Gasteiger partial charge in [-0.1, -0.05) is 23.7 Å². The van der Waals surface area contributed by atoms with Gasteiger partial charge in [0.15, 0.2) is 0 Å². The standard InChI is InChI=1S/C10H12ClNO2/c11-8-3-1-2-7(6-8)9(4-5-12)10(13)14/h1-3,6,9H,4-5,12H2,(H,13,14)/t9-/m1/s1. The Morgan fingerprint density at radius 1 is 1.57 bits per heavy atom. The lowest BCUT2D eigenvalue weighted by Crippen LogP contribution is -2.15. The van der Waals surface area contributed by atoms with Gasteiger partial charge in [0, 0.05) is 5.02 Å². The molecule has 1 atom stereocenters. The Morgan fingerprint density at radius 2 is 2.29 bits per heavy atom. The first-order valence-electron chi connectivity index (χ1n) is 4.33. The molecule has 0 heterocycles. The van der Waals surface area contributed by atoms with Crippen molar-refractivity contribution in [2.75, 3.05) is 6.54 Å². The Labute approximate surface area is 87.5 Å². The maximum atomic E-state index is 10.9. The van der Waals surface area contributed by atoms with E-state index in [9.17, 15) is 4.79 Å². The molecule has 0 bridgehead atoms. The number of hydrogen-bond donors (Lipinski definition) is 2. The van der Waals surface area contributed by atoms with Crippen molar-refractivity contribution in [3.63, 3.8) is 0 Å². The number of halogens is 1. The Morgan fingerprint density at radius 3 is 2.79 bits per heavy atom. The van der Waals surface area contributed by atoms with Gasteiger partial charge in [0.05, 0.1) is 5.92 Å². The number of benzene rings is 1. The monoisotopic (exact) mass is 213 g/mol. The highest BCUT2D eigenvalue weighted by molar-refractivity contribution is 6.30. The van der Waals surface area contributed by atoms with Crippen LogP contribution in [0.3, 0.4) is 0 Å². The van der Waals surface area contributed by atoms with Crippen LogP contribution in [-0.4, -0.2) is 17.6 Å². The van der Waals surface area contributed by atoms with Crippen molar-refractivity contribution in [2.24, 2.45) is 5.73 Å². The van der Waals surface area contributed by atoms with Crippen molar-refractivity contribution in [1.82, 2.24) is 0 Å². The number of carboxylic acid groups (broad SMARTS) is 1. The van der Waals surface area contributed by atoms with E-state index in [1.165, 1.54) is 0 Å². The molecule has 1 aromatic carbocycles. The Balaban J connectivity index is 2.93. The van der Waals surface area contributed by atoms with Crippen molar-refractivity contribution in [3.05, 3.63) is 34.9 Å². The Kier molecular flexibility index (Phi) is 3.92. The zero-order valence-corrected chi connectivity index (χ0v) is 8.37. The maximum absolute atomic E-state index is 10.9.